The van der Waals surface area contributed by atoms with Crippen molar-refractivity contribution in [1.82, 2.24) is 4.57 Å². The van der Waals surface area contributed by atoms with E-state index in [-0.39, 0.29) is 11.3 Å². The van der Waals surface area contributed by atoms with E-state index >= 15 is 0 Å². The molecule has 1 heterocycles. The molecule has 31 heavy (non-hydrogen) atoms. The second kappa shape index (κ2) is 9.58. The van der Waals surface area contributed by atoms with Crippen molar-refractivity contribution in [3.63, 3.8) is 0 Å². The highest BCUT2D eigenvalue weighted by Crippen LogP contribution is 2.38. The van der Waals surface area contributed by atoms with Gasteiger partial charge in [0.25, 0.3) is 11.6 Å². The van der Waals surface area contributed by atoms with Gasteiger partial charge in [-0.05, 0) is 18.2 Å². The molecule has 2 aromatic carbocycles. The van der Waals surface area contributed by atoms with Gasteiger partial charge in [-0.2, -0.15) is 4.99 Å². The number of non-ortho nitro benzene ring substituents is 1. The molecule has 0 fully saturated rings. The molecule has 11 heteroatoms. The van der Waals surface area contributed by atoms with Gasteiger partial charge in [-0.15, -0.1) is 0 Å². The molecule has 1 aromatic heterocycles. The molecule has 0 bridgehead atoms. The summed E-state index contributed by atoms with van der Waals surface area (Å²) in [4.78, 5) is 28.3. The molecule has 0 radical (unpaired) electrons. The van der Waals surface area contributed by atoms with E-state index < -0.39 is 10.8 Å². The van der Waals surface area contributed by atoms with Crippen LogP contribution in [0.2, 0.25) is 0 Å². The lowest BCUT2D eigenvalue weighted by Crippen LogP contribution is -2.19. The Morgan fingerprint density at radius 3 is 2.32 bits per heavy atom. The number of hydrogen-bond acceptors (Lipinski definition) is 8. The zero-order valence-corrected chi connectivity index (χ0v) is 18.2. The standard InChI is InChI=1S/C20H21N3O7S/c1-27-8-7-22-14-6-5-13(23(25)26)11-17(14)31-20(22)21-19(24)12-9-15(28-2)18(30-4)16(10-12)29-3/h5-6,9-11H,7-8H2,1-4H3. The molecule has 0 atom stereocenters. The molecular weight excluding hydrogens is 426 g/mol. The quantitative estimate of drug-likeness (QED) is 0.385. The number of hydrogen-bond donors (Lipinski definition) is 0. The topological polar surface area (TPSA) is 114 Å². The fourth-order valence-corrected chi connectivity index (χ4v) is 4.10. The maximum Gasteiger partial charge on any atom is 0.279 e. The third-order valence-electron chi connectivity index (χ3n) is 4.51. The molecule has 3 rings (SSSR count). The first-order valence-corrected chi connectivity index (χ1v) is 9.91. The summed E-state index contributed by atoms with van der Waals surface area (Å²) >= 11 is 1.18. The number of thiazole rings is 1. The van der Waals surface area contributed by atoms with Crippen LogP contribution in [0.5, 0.6) is 17.2 Å². The van der Waals surface area contributed by atoms with Gasteiger partial charge in [0.15, 0.2) is 16.3 Å². The fourth-order valence-electron chi connectivity index (χ4n) is 3.02. The van der Waals surface area contributed by atoms with Crippen LogP contribution in [0, 0.1) is 10.1 Å². The smallest absolute Gasteiger partial charge is 0.279 e. The predicted molar refractivity (Wildman–Crippen MR) is 114 cm³/mol. The number of nitrogens with zero attached hydrogens (tertiary/aromatic N) is 3. The summed E-state index contributed by atoms with van der Waals surface area (Å²) in [6, 6.07) is 7.56. The minimum absolute atomic E-state index is 0.0323. The van der Waals surface area contributed by atoms with E-state index in [1.807, 2.05) is 0 Å². The average molecular weight is 447 g/mol. The second-order valence-electron chi connectivity index (χ2n) is 6.27. The number of nitro benzene ring substituents is 1. The van der Waals surface area contributed by atoms with E-state index in [0.29, 0.717) is 39.9 Å². The number of methoxy groups -OCH3 is 4. The fraction of sp³-hybridized carbons (Fsp3) is 0.300. The van der Waals surface area contributed by atoms with Gasteiger partial charge < -0.3 is 23.5 Å². The van der Waals surface area contributed by atoms with E-state index in [0.717, 1.165) is 5.52 Å². The predicted octanol–water partition coefficient (Wildman–Crippen LogP) is 3.02. The van der Waals surface area contributed by atoms with Gasteiger partial charge in [0.1, 0.15) is 0 Å². The average Bonchev–Trinajstić information content (AvgIpc) is 3.12. The molecule has 0 N–H and O–H groups in total. The van der Waals surface area contributed by atoms with Gasteiger partial charge in [0.2, 0.25) is 5.75 Å². The number of nitro groups is 1. The number of amides is 1. The molecule has 1 amide bonds. The van der Waals surface area contributed by atoms with Gasteiger partial charge in [-0.25, -0.2) is 0 Å². The number of aromatic nitrogens is 1. The van der Waals surface area contributed by atoms with Crippen LogP contribution in [-0.4, -0.2) is 50.4 Å². The molecule has 0 aliphatic heterocycles. The Kier molecular flexibility index (Phi) is 6.88. The monoisotopic (exact) mass is 447 g/mol. The second-order valence-corrected chi connectivity index (χ2v) is 7.28. The van der Waals surface area contributed by atoms with Gasteiger partial charge in [0.05, 0.1) is 43.1 Å². The highest BCUT2D eigenvalue weighted by Gasteiger charge is 2.18. The maximum atomic E-state index is 13.0. The Morgan fingerprint density at radius 2 is 1.77 bits per heavy atom. The zero-order chi connectivity index (χ0) is 22.5. The van der Waals surface area contributed by atoms with Gasteiger partial charge in [-0.3, -0.25) is 14.9 Å². The van der Waals surface area contributed by atoms with Gasteiger partial charge in [-0.1, -0.05) is 11.3 Å². The van der Waals surface area contributed by atoms with E-state index in [9.17, 15) is 14.9 Å². The number of ether oxygens (including phenoxy) is 4. The summed E-state index contributed by atoms with van der Waals surface area (Å²) < 4.78 is 23.5. The number of carbonyl (C=O) groups excluding carboxylic acids is 1. The lowest BCUT2D eigenvalue weighted by Gasteiger charge is -2.12. The van der Waals surface area contributed by atoms with Crippen LogP contribution in [-0.2, 0) is 11.3 Å². The summed E-state index contributed by atoms with van der Waals surface area (Å²) in [6.07, 6.45) is 0. The highest BCUT2D eigenvalue weighted by molar-refractivity contribution is 7.16. The SMILES string of the molecule is COCCn1c(=NC(=O)c2cc(OC)c(OC)c(OC)c2)sc2cc([N+](=O)[O-])ccc21. The van der Waals surface area contributed by atoms with E-state index in [2.05, 4.69) is 4.99 Å². The molecule has 3 aromatic rings. The van der Waals surface area contributed by atoms with E-state index in [4.69, 9.17) is 18.9 Å². The van der Waals surface area contributed by atoms with Crippen LogP contribution < -0.4 is 19.0 Å². The minimum atomic E-state index is -0.522. The molecule has 0 aliphatic rings. The Hall–Kier alpha value is -3.44. The molecule has 0 spiro atoms. The van der Waals surface area contributed by atoms with E-state index in [1.54, 1.807) is 17.7 Å². The van der Waals surface area contributed by atoms with E-state index in [1.165, 1.54) is 56.9 Å². The minimum Gasteiger partial charge on any atom is -0.493 e. The summed E-state index contributed by atoms with van der Waals surface area (Å²) in [7, 11) is 5.96. The molecule has 164 valence electrons. The van der Waals surface area contributed by atoms with Crippen molar-refractivity contribution in [1.29, 1.82) is 0 Å². The normalized spacial score (nSPS) is 11.5. The van der Waals surface area contributed by atoms with Crippen LogP contribution in [0.15, 0.2) is 35.3 Å². The summed E-state index contributed by atoms with van der Waals surface area (Å²) in [5.41, 5.74) is 0.940. The first kappa shape index (κ1) is 22.2. The van der Waals surface area contributed by atoms with Crippen molar-refractivity contribution in [3.8, 4) is 17.2 Å². The van der Waals surface area contributed by atoms with Crippen molar-refractivity contribution in [2.45, 2.75) is 6.54 Å². The number of rotatable bonds is 8. The molecule has 0 saturated heterocycles. The number of carbonyl (C=O) groups is 1. The van der Waals surface area contributed by atoms with Crippen molar-refractivity contribution in [2.75, 3.05) is 35.0 Å². The Morgan fingerprint density at radius 1 is 1.10 bits per heavy atom. The van der Waals surface area contributed by atoms with Crippen LogP contribution in [0.3, 0.4) is 0 Å². The van der Waals surface area contributed by atoms with Crippen molar-refractivity contribution >= 4 is 33.1 Å². The Labute approximate surface area is 181 Å². The Balaban J connectivity index is 2.14. The van der Waals surface area contributed by atoms with Crippen LogP contribution in [0.4, 0.5) is 5.69 Å². The lowest BCUT2D eigenvalue weighted by atomic mass is 10.1. The molecule has 10 nitrogen and oxygen atoms in total. The largest absolute Gasteiger partial charge is 0.493 e. The zero-order valence-electron chi connectivity index (χ0n) is 17.4. The van der Waals surface area contributed by atoms with Crippen molar-refractivity contribution in [3.05, 3.63) is 50.8 Å². The van der Waals surface area contributed by atoms with Crippen LogP contribution >= 0.6 is 11.3 Å². The molecule has 0 unspecified atom stereocenters. The first-order valence-electron chi connectivity index (χ1n) is 9.09. The third-order valence-corrected chi connectivity index (χ3v) is 5.55. The number of benzene rings is 2. The number of fused-ring (bicyclic) bond motifs is 1. The molecular formula is C20H21N3O7S. The summed E-state index contributed by atoms with van der Waals surface area (Å²) in [6.45, 7) is 0.810. The van der Waals surface area contributed by atoms with Crippen LogP contribution in [0.25, 0.3) is 10.2 Å². The summed E-state index contributed by atoms with van der Waals surface area (Å²) in [5, 5.41) is 11.1. The van der Waals surface area contributed by atoms with Crippen molar-refractivity contribution in [2.24, 2.45) is 4.99 Å². The first-order chi connectivity index (χ1) is 14.9. The Bertz CT molecular complexity index is 1170. The van der Waals surface area contributed by atoms with Crippen molar-refractivity contribution < 1.29 is 28.7 Å². The molecule has 0 saturated carbocycles. The maximum absolute atomic E-state index is 13.0. The van der Waals surface area contributed by atoms with Gasteiger partial charge >= 0.3 is 0 Å². The van der Waals surface area contributed by atoms with Crippen LogP contribution in [0.1, 0.15) is 10.4 Å². The van der Waals surface area contributed by atoms with Gasteiger partial charge in [0, 0.05) is 31.4 Å². The summed E-state index contributed by atoms with van der Waals surface area (Å²) in [5.74, 6) is 0.511. The lowest BCUT2D eigenvalue weighted by molar-refractivity contribution is -0.384. The third kappa shape index (κ3) is 4.52. The molecule has 0 aliphatic carbocycles. The highest BCUT2D eigenvalue weighted by atomic mass is 32.1.